The number of benzene rings is 1. The zero-order valence-corrected chi connectivity index (χ0v) is 19.5. The Morgan fingerprint density at radius 3 is 2.78 bits per heavy atom. The van der Waals surface area contributed by atoms with Crippen LogP contribution in [0.1, 0.15) is 61.0 Å². The average molecular weight is 474 g/mol. The highest BCUT2D eigenvalue weighted by Gasteiger charge is 2.39. The minimum atomic E-state index is -0.357. The summed E-state index contributed by atoms with van der Waals surface area (Å²) < 4.78 is 13.4. The Labute approximate surface area is 197 Å². The third-order valence-corrected chi connectivity index (χ3v) is 7.99. The Balaban J connectivity index is 1.34. The van der Waals surface area contributed by atoms with Gasteiger partial charge in [-0.15, -0.1) is 0 Å². The molecule has 168 valence electrons. The summed E-state index contributed by atoms with van der Waals surface area (Å²) in [4.78, 5) is 15.3. The second-order valence-electron chi connectivity index (χ2n) is 9.40. The van der Waals surface area contributed by atoms with E-state index in [2.05, 4.69) is 10.2 Å². The van der Waals surface area contributed by atoms with Crippen LogP contribution in [0.2, 0.25) is 10.0 Å². The number of hydrogen-bond acceptors (Lipinski definition) is 2. The molecule has 32 heavy (non-hydrogen) atoms. The molecule has 2 heterocycles. The molecule has 0 bridgehead atoms. The predicted molar refractivity (Wildman–Crippen MR) is 125 cm³/mol. The lowest BCUT2D eigenvalue weighted by Gasteiger charge is -2.31. The molecule has 0 spiro atoms. The number of carbonyl (C=O) groups excluding carboxylic acids is 1. The lowest BCUT2D eigenvalue weighted by atomic mass is 9.77. The second kappa shape index (κ2) is 8.35. The van der Waals surface area contributed by atoms with Crippen LogP contribution < -0.4 is 0 Å². The van der Waals surface area contributed by atoms with Gasteiger partial charge in [-0.3, -0.25) is 9.89 Å². The second-order valence-corrected chi connectivity index (χ2v) is 10.2. The van der Waals surface area contributed by atoms with Crippen LogP contribution >= 0.6 is 23.2 Å². The molecule has 1 fully saturated rings. The van der Waals surface area contributed by atoms with Gasteiger partial charge in [-0.05, 0) is 79.5 Å². The van der Waals surface area contributed by atoms with E-state index in [9.17, 15) is 9.18 Å². The zero-order valence-electron chi connectivity index (χ0n) is 18.0. The first kappa shape index (κ1) is 21.7. The maximum atomic E-state index is 13.4. The van der Waals surface area contributed by atoms with Gasteiger partial charge in [-0.1, -0.05) is 36.2 Å². The average Bonchev–Trinajstić information content (AvgIpc) is 3.39. The summed E-state index contributed by atoms with van der Waals surface area (Å²) in [5.41, 5.74) is 3.71. The van der Waals surface area contributed by atoms with Crippen molar-refractivity contribution in [1.29, 1.82) is 0 Å². The summed E-state index contributed by atoms with van der Waals surface area (Å²) >= 11 is 13.3. The van der Waals surface area contributed by atoms with E-state index < -0.39 is 0 Å². The fourth-order valence-corrected chi connectivity index (χ4v) is 5.95. The minimum Gasteiger partial charge on any atom is -0.334 e. The molecule has 0 saturated carbocycles. The quantitative estimate of drug-likeness (QED) is 0.569. The standard InChI is InChI=1S/C25H26Cl2FN3O/c1-25(8-5-18(28)6-9-25)17-12-20(26)19(21(27)13-17)11-15-7-10-31(24(15)32)22-4-2-3-16-14-29-30-23(16)22/h5-6,8,12-15,22H,2-4,7,9-11H2,1H3,(H,29,30)/t15-,22?,25?/m0/s1. The van der Waals surface area contributed by atoms with E-state index in [0.717, 1.165) is 49.0 Å². The van der Waals surface area contributed by atoms with E-state index in [1.165, 1.54) is 11.6 Å². The number of nitrogens with zero attached hydrogens (tertiary/aromatic N) is 2. The number of carbonyl (C=O) groups is 1. The lowest BCUT2D eigenvalue weighted by molar-refractivity contribution is -0.133. The van der Waals surface area contributed by atoms with Crippen molar-refractivity contribution < 1.29 is 9.18 Å². The number of fused-ring (bicyclic) bond motifs is 1. The van der Waals surface area contributed by atoms with E-state index in [4.69, 9.17) is 23.2 Å². The number of aromatic nitrogens is 2. The number of rotatable bonds is 4. The molecule has 2 unspecified atom stereocenters. The predicted octanol–water partition coefficient (Wildman–Crippen LogP) is 6.26. The Hall–Kier alpha value is -2.11. The van der Waals surface area contributed by atoms with Gasteiger partial charge in [-0.25, -0.2) is 4.39 Å². The minimum absolute atomic E-state index is 0.0820. The van der Waals surface area contributed by atoms with Crippen molar-refractivity contribution in [3.05, 3.63) is 74.8 Å². The third kappa shape index (κ3) is 3.80. The molecule has 0 radical (unpaired) electrons. The Morgan fingerprint density at radius 1 is 1.28 bits per heavy atom. The monoisotopic (exact) mass is 473 g/mol. The van der Waals surface area contributed by atoms with Gasteiger partial charge in [-0.2, -0.15) is 5.10 Å². The van der Waals surface area contributed by atoms with Crippen molar-refractivity contribution in [1.82, 2.24) is 15.1 Å². The summed E-state index contributed by atoms with van der Waals surface area (Å²) in [6.45, 7) is 2.78. The smallest absolute Gasteiger partial charge is 0.226 e. The maximum Gasteiger partial charge on any atom is 0.226 e. The van der Waals surface area contributed by atoms with Gasteiger partial charge in [0.25, 0.3) is 0 Å². The maximum absolute atomic E-state index is 13.4. The molecule has 1 aromatic heterocycles. The summed E-state index contributed by atoms with van der Waals surface area (Å²) in [5.74, 6) is -0.191. The number of allylic oxidation sites excluding steroid dienone is 4. The highest BCUT2D eigenvalue weighted by atomic mass is 35.5. The molecule has 1 saturated heterocycles. The van der Waals surface area contributed by atoms with E-state index in [1.807, 2.05) is 36.2 Å². The van der Waals surface area contributed by atoms with Crippen molar-refractivity contribution in [3.8, 4) is 0 Å². The van der Waals surface area contributed by atoms with Gasteiger partial charge in [0, 0.05) is 27.9 Å². The number of halogens is 3. The van der Waals surface area contributed by atoms with Crippen LogP contribution in [0, 0.1) is 5.92 Å². The van der Waals surface area contributed by atoms with Crippen LogP contribution in [-0.4, -0.2) is 27.5 Å². The van der Waals surface area contributed by atoms with Crippen LogP contribution in [0.3, 0.4) is 0 Å². The number of amides is 1. The van der Waals surface area contributed by atoms with E-state index in [-0.39, 0.29) is 29.1 Å². The molecule has 1 aliphatic heterocycles. The van der Waals surface area contributed by atoms with E-state index in [1.54, 1.807) is 6.08 Å². The van der Waals surface area contributed by atoms with Crippen LogP contribution in [-0.2, 0) is 23.1 Å². The summed E-state index contributed by atoms with van der Waals surface area (Å²) in [6.07, 6.45) is 11.7. The van der Waals surface area contributed by atoms with Crippen molar-refractivity contribution in [3.63, 3.8) is 0 Å². The molecular formula is C25H26Cl2FN3O. The summed E-state index contributed by atoms with van der Waals surface area (Å²) in [6, 6.07) is 3.91. The highest BCUT2D eigenvalue weighted by molar-refractivity contribution is 6.36. The molecule has 2 aliphatic carbocycles. The number of likely N-dealkylation sites (tertiary alicyclic amines) is 1. The largest absolute Gasteiger partial charge is 0.334 e. The first-order valence-corrected chi connectivity index (χ1v) is 12.0. The molecule has 1 amide bonds. The van der Waals surface area contributed by atoms with Crippen LogP contribution in [0.5, 0.6) is 0 Å². The number of hydrogen-bond donors (Lipinski definition) is 1. The summed E-state index contributed by atoms with van der Waals surface area (Å²) in [7, 11) is 0. The van der Waals surface area contributed by atoms with Gasteiger partial charge in [0.15, 0.2) is 0 Å². The molecule has 1 aromatic carbocycles. The van der Waals surface area contributed by atoms with Gasteiger partial charge in [0.2, 0.25) is 5.91 Å². The highest BCUT2D eigenvalue weighted by Crippen LogP contribution is 2.41. The third-order valence-electron chi connectivity index (χ3n) is 7.32. The van der Waals surface area contributed by atoms with Gasteiger partial charge in [0.1, 0.15) is 5.83 Å². The molecule has 3 atom stereocenters. The van der Waals surface area contributed by atoms with Crippen molar-refractivity contribution >= 4 is 29.1 Å². The molecule has 7 heteroatoms. The zero-order chi connectivity index (χ0) is 22.5. The fourth-order valence-electron chi connectivity index (χ4n) is 5.31. The molecule has 2 aromatic rings. The number of nitrogens with one attached hydrogen (secondary N) is 1. The van der Waals surface area contributed by atoms with Crippen molar-refractivity contribution in [2.24, 2.45) is 5.92 Å². The Morgan fingerprint density at radius 2 is 2.06 bits per heavy atom. The Bertz CT molecular complexity index is 1100. The van der Waals surface area contributed by atoms with Crippen LogP contribution in [0.15, 0.2) is 42.4 Å². The number of aryl methyl sites for hydroxylation is 1. The topological polar surface area (TPSA) is 49.0 Å². The van der Waals surface area contributed by atoms with Gasteiger partial charge < -0.3 is 4.90 Å². The molecule has 5 rings (SSSR count). The first-order chi connectivity index (χ1) is 15.4. The first-order valence-electron chi connectivity index (χ1n) is 11.2. The van der Waals surface area contributed by atoms with Crippen molar-refractivity contribution in [2.45, 2.75) is 56.9 Å². The lowest BCUT2D eigenvalue weighted by Crippen LogP contribution is -2.34. The SMILES string of the molecule is CC1(c2cc(Cl)c(C[C@@H]3CCN(C4CCCc5cn[nH]c54)C3=O)c(Cl)c2)C=CC(F)=CC1. The molecular weight excluding hydrogens is 448 g/mol. The summed E-state index contributed by atoms with van der Waals surface area (Å²) in [5, 5.41) is 8.44. The van der Waals surface area contributed by atoms with Crippen LogP contribution in [0.25, 0.3) is 0 Å². The van der Waals surface area contributed by atoms with Gasteiger partial charge in [0.05, 0.1) is 17.9 Å². The van der Waals surface area contributed by atoms with Crippen LogP contribution in [0.4, 0.5) is 4.39 Å². The van der Waals surface area contributed by atoms with E-state index in [0.29, 0.717) is 22.9 Å². The Kier molecular flexibility index (Phi) is 5.67. The van der Waals surface area contributed by atoms with Crippen molar-refractivity contribution in [2.75, 3.05) is 6.54 Å². The molecule has 3 aliphatic rings. The fraction of sp³-hybridized carbons (Fsp3) is 0.440. The normalized spacial score (nSPS) is 27.6. The molecule has 4 nitrogen and oxygen atoms in total. The number of aromatic amines is 1. The van der Waals surface area contributed by atoms with E-state index >= 15 is 0 Å². The van der Waals surface area contributed by atoms with Gasteiger partial charge >= 0.3 is 0 Å². The number of H-pyrrole nitrogens is 1. The molecule has 1 N–H and O–H groups in total.